The molecule has 0 spiro atoms. The largest absolute Gasteiger partial charge is 0.508 e. The Kier molecular flexibility index (Phi) is 5.79. The minimum atomic E-state index is -0.215. The zero-order valence-electron chi connectivity index (χ0n) is 14.4. The molecule has 0 aliphatic carbocycles. The third kappa shape index (κ3) is 4.61. The van der Waals surface area contributed by atoms with Gasteiger partial charge in [0.05, 0.1) is 0 Å². The van der Waals surface area contributed by atoms with Crippen molar-refractivity contribution in [1.29, 1.82) is 0 Å². The van der Waals surface area contributed by atoms with Gasteiger partial charge in [-0.2, -0.15) is 0 Å². The fourth-order valence-electron chi connectivity index (χ4n) is 2.42. The van der Waals surface area contributed by atoms with Crippen molar-refractivity contribution in [3.63, 3.8) is 0 Å². The average molecular weight is 334 g/mol. The molecule has 4 nitrogen and oxygen atoms in total. The molecule has 4 N–H and O–H groups in total. The van der Waals surface area contributed by atoms with E-state index in [2.05, 4.69) is 11.9 Å². The van der Waals surface area contributed by atoms with Crippen LogP contribution in [0, 0.1) is 6.92 Å². The van der Waals surface area contributed by atoms with E-state index >= 15 is 0 Å². The summed E-state index contributed by atoms with van der Waals surface area (Å²) < 4.78 is 0. The number of rotatable bonds is 5. The van der Waals surface area contributed by atoms with E-state index < -0.39 is 0 Å². The topological polar surface area (TPSA) is 75.3 Å². The van der Waals surface area contributed by atoms with Crippen molar-refractivity contribution < 1.29 is 9.90 Å². The Balaban J connectivity index is 2.33. The van der Waals surface area contributed by atoms with Crippen LogP contribution in [0.1, 0.15) is 22.8 Å². The number of phenols is 1. The molecule has 0 radical (unpaired) electrons. The van der Waals surface area contributed by atoms with Gasteiger partial charge in [-0.25, -0.2) is 0 Å². The maximum absolute atomic E-state index is 12.6. The lowest BCUT2D eigenvalue weighted by Gasteiger charge is -2.12. The summed E-state index contributed by atoms with van der Waals surface area (Å²) in [7, 11) is 0. The van der Waals surface area contributed by atoms with Crippen LogP contribution in [-0.2, 0) is 0 Å². The van der Waals surface area contributed by atoms with Crippen molar-refractivity contribution in [1.82, 2.24) is 5.32 Å². The van der Waals surface area contributed by atoms with Gasteiger partial charge in [-0.1, -0.05) is 30.8 Å². The zero-order chi connectivity index (χ0) is 18.4. The van der Waals surface area contributed by atoms with Gasteiger partial charge in [0.1, 0.15) is 5.75 Å². The number of phenolic OH excluding ortho intramolecular Hbond substituents is 1. The van der Waals surface area contributed by atoms with E-state index in [1.807, 2.05) is 31.2 Å². The number of hydrogen-bond donors (Lipinski definition) is 3. The Bertz CT molecular complexity index is 843. The van der Waals surface area contributed by atoms with Crippen LogP contribution in [0.2, 0.25) is 0 Å². The van der Waals surface area contributed by atoms with Crippen LogP contribution in [0.15, 0.2) is 78.7 Å². The molecule has 0 saturated carbocycles. The van der Waals surface area contributed by atoms with E-state index in [-0.39, 0.29) is 11.7 Å². The third-order valence-corrected chi connectivity index (χ3v) is 3.76. The first-order chi connectivity index (χ1) is 11.9. The van der Waals surface area contributed by atoms with Crippen molar-refractivity contribution >= 4 is 5.91 Å². The van der Waals surface area contributed by atoms with Crippen molar-refractivity contribution in [2.24, 2.45) is 5.73 Å². The number of benzene rings is 2. The summed E-state index contributed by atoms with van der Waals surface area (Å²) in [5.41, 5.74) is 10.1. The number of nitrogens with two attached hydrogens (primary N) is 1. The van der Waals surface area contributed by atoms with Crippen LogP contribution < -0.4 is 11.1 Å². The number of aromatic hydroxyl groups is 1. The van der Waals surface area contributed by atoms with Gasteiger partial charge < -0.3 is 16.2 Å². The predicted octanol–water partition coefficient (Wildman–Crippen LogP) is 4.03. The highest BCUT2D eigenvalue weighted by molar-refractivity contribution is 5.98. The van der Waals surface area contributed by atoms with E-state index in [0.29, 0.717) is 17.0 Å². The molecule has 0 saturated heterocycles. The molecule has 4 heteroatoms. The summed E-state index contributed by atoms with van der Waals surface area (Å²) in [4.78, 5) is 12.6. The number of nitrogens with one attached hydrogen (secondary N) is 1. The summed E-state index contributed by atoms with van der Waals surface area (Å²) in [6.45, 7) is 7.37. The first kappa shape index (κ1) is 18.1. The molecule has 2 rings (SSSR count). The quantitative estimate of drug-likeness (QED) is 0.723. The molecule has 0 aromatic heterocycles. The third-order valence-electron chi connectivity index (χ3n) is 3.76. The fraction of sp³-hybridized carbons (Fsp3) is 0.0952. The fourth-order valence-corrected chi connectivity index (χ4v) is 2.42. The molecule has 2 aromatic rings. The van der Waals surface area contributed by atoms with E-state index in [1.54, 1.807) is 43.4 Å². The Morgan fingerprint density at radius 3 is 2.44 bits per heavy atom. The lowest BCUT2D eigenvalue weighted by molar-refractivity contribution is 0.0966. The molecule has 0 bridgehead atoms. The molecule has 1 amide bonds. The summed E-state index contributed by atoms with van der Waals surface area (Å²) >= 11 is 0. The number of allylic oxidation sites excluding steroid dienone is 4. The highest BCUT2D eigenvalue weighted by atomic mass is 16.3. The van der Waals surface area contributed by atoms with Gasteiger partial charge in [-0.15, -0.1) is 0 Å². The highest BCUT2D eigenvalue weighted by Crippen LogP contribution is 2.27. The minimum Gasteiger partial charge on any atom is -0.508 e. The smallest absolute Gasteiger partial charge is 0.255 e. The predicted molar refractivity (Wildman–Crippen MR) is 102 cm³/mol. The van der Waals surface area contributed by atoms with Gasteiger partial charge in [-0.05, 0) is 67.0 Å². The van der Waals surface area contributed by atoms with Gasteiger partial charge in [0, 0.05) is 17.0 Å². The molecule has 0 heterocycles. The summed E-state index contributed by atoms with van der Waals surface area (Å²) in [5.74, 6) is -0.00772. The molecule has 25 heavy (non-hydrogen) atoms. The maximum atomic E-state index is 12.6. The summed E-state index contributed by atoms with van der Waals surface area (Å²) in [5, 5.41) is 12.3. The number of carbonyl (C=O) groups is 1. The number of amides is 1. The van der Waals surface area contributed by atoms with Crippen LogP contribution in [0.25, 0.3) is 11.1 Å². The molecule has 2 aromatic carbocycles. The Hall–Kier alpha value is -3.27. The van der Waals surface area contributed by atoms with Gasteiger partial charge in [0.15, 0.2) is 0 Å². The first-order valence-corrected chi connectivity index (χ1v) is 7.89. The zero-order valence-corrected chi connectivity index (χ0v) is 14.4. The van der Waals surface area contributed by atoms with E-state index in [9.17, 15) is 9.90 Å². The van der Waals surface area contributed by atoms with Crippen molar-refractivity contribution in [3.05, 3.63) is 89.8 Å². The van der Waals surface area contributed by atoms with Gasteiger partial charge in [0.2, 0.25) is 0 Å². The molecular weight excluding hydrogens is 312 g/mol. The van der Waals surface area contributed by atoms with Gasteiger partial charge in [-0.3, -0.25) is 4.79 Å². The second-order valence-corrected chi connectivity index (χ2v) is 5.72. The Morgan fingerprint density at radius 2 is 1.84 bits per heavy atom. The van der Waals surface area contributed by atoms with E-state index in [0.717, 1.165) is 16.7 Å². The van der Waals surface area contributed by atoms with Crippen molar-refractivity contribution in [2.75, 3.05) is 0 Å². The minimum absolute atomic E-state index is 0.208. The number of hydrogen-bond acceptors (Lipinski definition) is 3. The molecule has 0 unspecified atom stereocenters. The van der Waals surface area contributed by atoms with Crippen molar-refractivity contribution in [2.45, 2.75) is 13.8 Å². The van der Waals surface area contributed by atoms with E-state index in [4.69, 9.17) is 5.73 Å². The van der Waals surface area contributed by atoms with Crippen LogP contribution in [0.4, 0.5) is 0 Å². The van der Waals surface area contributed by atoms with Crippen LogP contribution in [-0.4, -0.2) is 11.0 Å². The molecule has 0 aliphatic rings. The lowest BCUT2D eigenvalue weighted by Crippen LogP contribution is -2.22. The second kappa shape index (κ2) is 8.02. The molecule has 0 atom stereocenters. The summed E-state index contributed by atoms with van der Waals surface area (Å²) in [6, 6.07) is 12.5. The Labute approximate surface area is 148 Å². The highest BCUT2D eigenvalue weighted by Gasteiger charge is 2.13. The molecule has 0 fully saturated rings. The number of carbonyl (C=O) groups excluding carboxylic acids is 1. The van der Waals surface area contributed by atoms with Crippen LogP contribution in [0.3, 0.4) is 0 Å². The molecule has 128 valence electrons. The second-order valence-electron chi connectivity index (χ2n) is 5.72. The van der Waals surface area contributed by atoms with Gasteiger partial charge >= 0.3 is 0 Å². The lowest BCUT2D eigenvalue weighted by atomic mass is 9.96. The first-order valence-electron chi connectivity index (χ1n) is 7.89. The van der Waals surface area contributed by atoms with E-state index in [1.165, 1.54) is 0 Å². The molecule has 0 aliphatic heterocycles. The summed E-state index contributed by atoms with van der Waals surface area (Å²) in [6.07, 6.45) is 4.98. The van der Waals surface area contributed by atoms with Crippen molar-refractivity contribution in [3.8, 4) is 16.9 Å². The Morgan fingerprint density at radius 1 is 1.16 bits per heavy atom. The average Bonchev–Trinajstić information content (AvgIpc) is 2.59. The standard InChI is InChI=1S/C21H22N2O2/c1-4-17(11-8-14(2)22)23-21(25)20-7-5-6-19(15(20)3)16-9-12-18(24)13-10-16/h4-13,24H,1,22H2,2-3H3,(H,23,25)/b14-8-,17-11+. The monoisotopic (exact) mass is 334 g/mol. The molecular formula is C21H22N2O2. The van der Waals surface area contributed by atoms with Crippen LogP contribution >= 0.6 is 0 Å². The normalized spacial score (nSPS) is 11.9. The van der Waals surface area contributed by atoms with Gasteiger partial charge in [0.25, 0.3) is 5.91 Å². The SMILES string of the molecule is C=C/C(=C\C=C(\C)N)NC(=O)c1cccc(-c2ccc(O)cc2)c1C. The maximum Gasteiger partial charge on any atom is 0.255 e. The van der Waals surface area contributed by atoms with Crippen LogP contribution in [0.5, 0.6) is 5.75 Å².